The van der Waals surface area contributed by atoms with Gasteiger partial charge in [-0.3, -0.25) is 0 Å². The monoisotopic (exact) mass is 245 g/mol. The van der Waals surface area contributed by atoms with Crippen LogP contribution in [0.25, 0.3) is 0 Å². The van der Waals surface area contributed by atoms with E-state index >= 15 is 0 Å². The second-order valence-corrected chi connectivity index (χ2v) is 4.31. The Balaban J connectivity index is 1.92. The molecule has 0 spiro atoms. The van der Waals surface area contributed by atoms with Gasteiger partial charge in [0.1, 0.15) is 5.75 Å². The number of nitrogens with two attached hydrogens (primary N) is 1. The molecule has 2 N–H and O–H groups in total. The number of hydrogen-bond donors (Lipinski definition) is 1. The van der Waals surface area contributed by atoms with E-state index in [1.54, 1.807) is 0 Å². The summed E-state index contributed by atoms with van der Waals surface area (Å²) in [5.41, 5.74) is 6.61. The summed E-state index contributed by atoms with van der Waals surface area (Å²) < 4.78 is 10.8. The molecule has 0 bridgehead atoms. The van der Waals surface area contributed by atoms with E-state index in [9.17, 15) is 0 Å². The van der Waals surface area contributed by atoms with E-state index in [2.05, 4.69) is 16.2 Å². The van der Waals surface area contributed by atoms with Gasteiger partial charge in [-0.2, -0.15) is 4.98 Å². The van der Waals surface area contributed by atoms with Gasteiger partial charge < -0.3 is 15.0 Å². The van der Waals surface area contributed by atoms with E-state index < -0.39 is 0 Å². The molecule has 0 fully saturated rings. The Labute approximate surface area is 105 Å². The average molecular weight is 245 g/mol. The number of rotatable bonds is 3. The zero-order valence-corrected chi connectivity index (χ0v) is 10.0. The van der Waals surface area contributed by atoms with E-state index in [0.717, 1.165) is 23.6 Å². The van der Waals surface area contributed by atoms with Gasteiger partial charge >= 0.3 is 0 Å². The van der Waals surface area contributed by atoms with Gasteiger partial charge in [-0.15, -0.1) is 0 Å². The first-order valence-corrected chi connectivity index (χ1v) is 6.13. The Hall–Kier alpha value is -1.88. The van der Waals surface area contributed by atoms with E-state index in [0.29, 0.717) is 25.5 Å². The van der Waals surface area contributed by atoms with Crippen molar-refractivity contribution in [3.8, 4) is 5.75 Å². The molecule has 1 unspecified atom stereocenters. The van der Waals surface area contributed by atoms with Crippen molar-refractivity contribution >= 4 is 0 Å². The van der Waals surface area contributed by atoms with Crippen molar-refractivity contribution in [2.75, 3.05) is 13.2 Å². The maximum absolute atomic E-state index is 5.62. The zero-order chi connectivity index (χ0) is 12.4. The van der Waals surface area contributed by atoms with Crippen LogP contribution in [0.3, 0.4) is 0 Å². The number of aromatic nitrogens is 2. The smallest absolute Gasteiger partial charge is 0.227 e. The average Bonchev–Trinajstić information content (AvgIpc) is 2.87. The quantitative estimate of drug-likeness (QED) is 0.886. The fraction of sp³-hybridized carbons (Fsp3) is 0.385. The third-order valence-electron chi connectivity index (χ3n) is 3.11. The molecule has 0 radical (unpaired) electrons. The number of fused-ring (bicyclic) bond motifs is 1. The van der Waals surface area contributed by atoms with Crippen LogP contribution in [0.5, 0.6) is 5.75 Å². The highest BCUT2D eigenvalue weighted by atomic mass is 16.5. The molecule has 2 aromatic rings. The normalized spacial score (nSPS) is 18.2. The Bertz CT molecular complexity index is 539. The third-order valence-corrected chi connectivity index (χ3v) is 3.11. The Kier molecular flexibility index (Phi) is 2.98. The lowest BCUT2D eigenvalue weighted by molar-refractivity contribution is 0.272. The molecule has 0 amide bonds. The first-order valence-electron chi connectivity index (χ1n) is 6.13. The molecule has 5 heteroatoms. The summed E-state index contributed by atoms with van der Waals surface area (Å²) in [7, 11) is 0. The highest BCUT2D eigenvalue weighted by Crippen LogP contribution is 2.36. The molecule has 1 aliphatic heterocycles. The molecule has 3 rings (SSSR count). The molecular formula is C13H15N3O2. The Morgan fingerprint density at radius 2 is 2.22 bits per heavy atom. The van der Waals surface area contributed by atoms with Crippen molar-refractivity contribution in [2.45, 2.75) is 18.8 Å². The van der Waals surface area contributed by atoms with E-state index in [4.69, 9.17) is 15.0 Å². The highest BCUT2D eigenvalue weighted by Gasteiger charge is 2.26. The van der Waals surface area contributed by atoms with Gasteiger partial charge in [0.15, 0.2) is 5.82 Å². The zero-order valence-electron chi connectivity index (χ0n) is 10.0. The fourth-order valence-corrected chi connectivity index (χ4v) is 2.24. The molecule has 94 valence electrons. The molecule has 1 aromatic carbocycles. The largest absolute Gasteiger partial charge is 0.493 e. The predicted octanol–water partition coefficient (Wildman–Crippen LogP) is 1.49. The van der Waals surface area contributed by atoms with Crippen LogP contribution in [0.1, 0.15) is 29.6 Å². The minimum absolute atomic E-state index is 0.158. The van der Waals surface area contributed by atoms with Gasteiger partial charge in [0.25, 0.3) is 0 Å². The fourth-order valence-electron chi connectivity index (χ4n) is 2.24. The molecule has 1 aromatic heterocycles. The highest BCUT2D eigenvalue weighted by molar-refractivity contribution is 5.40. The summed E-state index contributed by atoms with van der Waals surface area (Å²) in [6.07, 6.45) is 1.50. The molecule has 1 atom stereocenters. The van der Waals surface area contributed by atoms with Gasteiger partial charge in [0.2, 0.25) is 5.89 Å². The summed E-state index contributed by atoms with van der Waals surface area (Å²) in [5, 5.41) is 4.06. The second kappa shape index (κ2) is 4.78. The molecule has 18 heavy (non-hydrogen) atoms. The second-order valence-electron chi connectivity index (χ2n) is 4.31. The van der Waals surface area contributed by atoms with Gasteiger partial charge in [-0.05, 0) is 12.5 Å². The van der Waals surface area contributed by atoms with Crippen molar-refractivity contribution in [3.05, 3.63) is 41.5 Å². The molecule has 2 heterocycles. The van der Waals surface area contributed by atoms with Crippen molar-refractivity contribution in [3.63, 3.8) is 0 Å². The van der Waals surface area contributed by atoms with Gasteiger partial charge in [0.05, 0.1) is 12.5 Å². The number of para-hydroxylation sites is 1. The summed E-state index contributed by atoms with van der Waals surface area (Å²) in [4.78, 5) is 4.41. The lowest BCUT2D eigenvalue weighted by Gasteiger charge is -2.23. The Morgan fingerprint density at radius 3 is 3.11 bits per heavy atom. The Morgan fingerprint density at radius 1 is 1.33 bits per heavy atom. The van der Waals surface area contributed by atoms with Gasteiger partial charge in [0, 0.05) is 18.5 Å². The SMILES string of the molecule is NCCc1nc(C2CCOc3ccccc32)no1. The maximum atomic E-state index is 5.62. The molecular weight excluding hydrogens is 230 g/mol. The molecule has 0 aliphatic carbocycles. The van der Waals surface area contributed by atoms with Crippen LogP contribution >= 0.6 is 0 Å². The number of benzene rings is 1. The number of nitrogens with zero attached hydrogens (tertiary/aromatic N) is 2. The van der Waals surface area contributed by atoms with Gasteiger partial charge in [-0.1, -0.05) is 23.4 Å². The first-order chi connectivity index (χ1) is 8.88. The molecule has 1 aliphatic rings. The van der Waals surface area contributed by atoms with Crippen molar-refractivity contribution in [2.24, 2.45) is 5.73 Å². The number of hydrogen-bond acceptors (Lipinski definition) is 5. The lowest BCUT2D eigenvalue weighted by Crippen LogP contribution is -2.16. The van der Waals surface area contributed by atoms with Crippen LogP contribution in [0.2, 0.25) is 0 Å². The minimum atomic E-state index is 0.158. The topological polar surface area (TPSA) is 74.2 Å². The molecule has 5 nitrogen and oxygen atoms in total. The van der Waals surface area contributed by atoms with Crippen molar-refractivity contribution in [1.29, 1.82) is 0 Å². The molecule has 0 saturated carbocycles. The number of ether oxygens (including phenoxy) is 1. The van der Waals surface area contributed by atoms with Crippen LogP contribution in [-0.2, 0) is 6.42 Å². The minimum Gasteiger partial charge on any atom is -0.493 e. The summed E-state index contributed by atoms with van der Waals surface area (Å²) in [6.45, 7) is 1.20. The van der Waals surface area contributed by atoms with Crippen LogP contribution in [0, 0.1) is 0 Å². The summed E-state index contributed by atoms with van der Waals surface area (Å²) >= 11 is 0. The summed E-state index contributed by atoms with van der Waals surface area (Å²) in [5.74, 6) is 2.41. The van der Waals surface area contributed by atoms with Crippen molar-refractivity contribution in [1.82, 2.24) is 10.1 Å². The van der Waals surface area contributed by atoms with E-state index in [1.807, 2.05) is 18.2 Å². The van der Waals surface area contributed by atoms with Crippen LogP contribution < -0.4 is 10.5 Å². The first kappa shape index (κ1) is 11.2. The van der Waals surface area contributed by atoms with Gasteiger partial charge in [-0.25, -0.2) is 0 Å². The maximum Gasteiger partial charge on any atom is 0.227 e. The third kappa shape index (κ3) is 1.97. The van der Waals surface area contributed by atoms with Crippen LogP contribution in [0.15, 0.2) is 28.8 Å². The lowest BCUT2D eigenvalue weighted by atomic mass is 9.92. The summed E-state index contributed by atoms with van der Waals surface area (Å²) in [6, 6.07) is 8.00. The predicted molar refractivity (Wildman–Crippen MR) is 65.5 cm³/mol. The standard InChI is InChI=1S/C13H15N3O2/c14-7-5-12-15-13(16-18-12)10-6-8-17-11-4-2-1-3-9(10)11/h1-4,10H,5-8,14H2. The van der Waals surface area contributed by atoms with Crippen LogP contribution in [-0.4, -0.2) is 23.3 Å². The van der Waals surface area contributed by atoms with E-state index in [-0.39, 0.29) is 5.92 Å². The molecule has 0 saturated heterocycles. The van der Waals surface area contributed by atoms with Crippen molar-refractivity contribution < 1.29 is 9.26 Å². The van der Waals surface area contributed by atoms with Crippen LogP contribution in [0.4, 0.5) is 0 Å². The van der Waals surface area contributed by atoms with E-state index in [1.165, 1.54) is 0 Å².